The molecule has 0 amide bonds. The van der Waals surface area contributed by atoms with Crippen molar-refractivity contribution >= 4 is 9.52 Å². The summed E-state index contributed by atoms with van der Waals surface area (Å²) >= 11 is 0. The molecule has 1 fully saturated rings. The topological polar surface area (TPSA) is 9.23 Å². The predicted octanol–water partition coefficient (Wildman–Crippen LogP) is 4.00. The molecule has 2 rings (SSSR count). The third kappa shape index (κ3) is 5.11. The summed E-state index contributed by atoms with van der Waals surface area (Å²) in [5, 5.41) is 0. The van der Waals surface area contributed by atoms with Gasteiger partial charge in [-0.2, -0.15) is 0 Å². The fourth-order valence-corrected chi connectivity index (χ4v) is 5.63. The smallest absolute Gasteiger partial charge is 0.0636 e. The largest absolute Gasteiger partial charge is 0.382 e. The van der Waals surface area contributed by atoms with E-state index in [1.165, 1.54) is 44.9 Å². The van der Waals surface area contributed by atoms with Gasteiger partial charge in [0.1, 0.15) is 0 Å². The lowest BCUT2D eigenvalue weighted by molar-refractivity contribution is 0.0642. The zero-order chi connectivity index (χ0) is 13.3. The molecule has 1 nitrogen and oxygen atoms in total. The lowest BCUT2D eigenvalue weighted by Crippen LogP contribution is -2.29. The van der Waals surface area contributed by atoms with E-state index in [2.05, 4.69) is 37.3 Å². The Morgan fingerprint density at radius 2 is 2.05 bits per heavy atom. The van der Waals surface area contributed by atoms with Crippen LogP contribution in [0.25, 0.3) is 0 Å². The van der Waals surface area contributed by atoms with E-state index in [-0.39, 0.29) is 9.52 Å². The first kappa shape index (κ1) is 14.8. The maximum Gasteiger partial charge on any atom is 0.0636 e. The van der Waals surface area contributed by atoms with E-state index >= 15 is 0 Å². The van der Waals surface area contributed by atoms with Gasteiger partial charge in [0.2, 0.25) is 0 Å². The zero-order valence-corrected chi connectivity index (χ0v) is 13.7. The van der Waals surface area contributed by atoms with Gasteiger partial charge in [-0.25, -0.2) is 0 Å². The minimum atomic E-state index is -0.169. The highest BCUT2D eigenvalue weighted by molar-refractivity contribution is 6.39. The molecule has 0 saturated carbocycles. The molecule has 0 bridgehead atoms. The van der Waals surface area contributed by atoms with Crippen molar-refractivity contribution < 1.29 is 4.74 Å². The van der Waals surface area contributed by atoms with Crippen molar-refractivity contribution in [2.75, 3.05) is 6.61 Å². The summed E-state index contributed by atoms with van der Waals surface area (Å²) in [5.74, 6) is 0. The first-order valence-electron chi connectivity index (χ1n) is 8.06. The van der Waals surface area contributed by atoms with Crippen LogP contribution in [-0.4, -0.2) is 21.9 Å². The molecule has 106 valence electrons. The van der Waals surface area contributed by atoms with Gasteiger partial charge >= 0.3 is 0 Å². The fourth-order valence-electron chi connectivity index (χ4n) is 3.10. The van der Waals surface area contributed by atoms with Gasteiger partial charge in [-0.3, -0.25) is 0 Å². The molecule has 1 aliphatic heterocycles. The Morgan fingerprint density at radius 1 is 1.21 bits per heavy atom. The summed E-state index contributed by atoms with van der Waals surface area (Å²) in [6.45, 7) is 3.30. The number of hydrogen-bond acceptors (Lipinski definition) is 1. The van der Waals surface area contributed by atoms with Gasteiger partial charge in [0, 0.05) is 12.3 Å². The van der Waals surface area contributed by atoms with E-state index in [4.69, 9.17) is 4.74 Å². The summed E-state index contributed by atoms with van der Waals surface area (Å²) in [4.78, 5) is 0. The first-order chi connectivity index (χ1) is 9.40. The molecule has 1 heterocycles. The van der Waals surface area contributed by atoms with Crippen LogP contribution in [0.15, 0.2) is 30.3 Å². The van der Waals surface area contributed by atoms with Crippen LogP contribution in [0, 0.1) is 0 Å². The standard InChI is InChI=1S/C17H28OSi/c1-2-3-5-12-16(15-10-6-4-7-11-15)19-17-13-8-9-14-18-17/h4,6-7,10-11,16-17H,2-3,5,8-9,12-14,19H2,1H3. The van der Waals surface area contributed by atoms with Crippen LogP contribution in [0.1, 0.15) is 63.0 Å². The maximum absolute atomic E-state index is 6.00. The molecule has 1 saturated heterocycles. The highest BCUT2D eigenvalue weighted by Gasteiger charge is 2.21. The van der Waals surface area contributed by atoms with Crippen LogP contribution in [0.2, 0.25) is 0 Å². The molecule has 0 aromatic heterocycles. The van der Waals surface area contributed by atoms with Crippen LogP contribution >= 0.6 is 0 Å². The van der Waals surface area contributed by atoms with Gasteiger partial charge in [0.25, 0.3) is 0 Å². The minimum Gasteiger partial charge on any atom is -0.382 e. The lowest BCUT2D eigenvalue weighted by atomic mass is 10.1. The van der Waals surface area contributed by atoms with E-state index in [0.29, 0.717) is 5.73 Å². The molecule has 1 aromatic rings. The molecule has 2 unspecified atom stereocenters. The van der Waals surface area contributed by atoms with Gasteiger partial charge in [-0.1, -0.05) is 56.5 Å². The van der Waals surface area contributed by atoms with Crippen LogP contribution in [-0.2, 0) is 4.74 Å². The number of unbranched alkanes of at least 4 members (excludes halogenated alkanes) is 2. The Morgan fingerprint density at radius 3 is 2.74 bits per heavy atom. The third-order valence-corrected chi connectivity index (χ3v) is 6.87. The average molecular weight is 276 g/mol. The second-order valence-electron chi connectivity index (χ2n) is 5.83. The molecule has 2 heteroatoms. The first-order valence-corrected chi connectivity index (χ1v) is 9.70. The zero-order valence-electron chi connectivity index (χ0n) is 12.3. The molecule has 2 atom stereocenters. The Balaban J connectivity index is 1.92. The molecule has 1 aromatic carbocycles. The van der Waals surface area contributed by atoms with Crippen LogP contribution < -0.4 is 0 Å². The van der Waals surface area contributed by atoms with Crippen LogP contribution in [0.4, 0.5) is 0 Å². The molecular formula is C17H28OSi. The summed E-state index contributed by atoms with van der Waals surface area (Å²) < 4.78 is 6.00. The average Bonchev–Trinajstić information content (AvgIpc) is 2.48. The van der Waals surface area contributed by atoms with Crippen molar-refractivity contribution in [2.45, 2.75) is 63.1 Å². The summed E-state index contributed by atoms with van der Waals surface area (Å²) in [6.07, 6.45) is 9.44. The van der Waals surface area contributed by atoms with E-state index in [0.717, 1.165) is 12.1 Å². The highest BCUT2D eigenvalue weighted by atomic mass is 28.2. The Kier molecular flexibility index (Phi) is 6.65. The normalized spacial score (nSPS) is 21.8. The molecule has 0 aliphatic carbocycles. The minimum absolute atomic E-state index is 0.169. The monoisotopic (exact) mass is 276 g/mol. The number of benzene rings is 1. The molecule has 0 spiro atoms. The van der Waals surface area contributed by atoms with Crippen LogP contribution in [0.5, 0.6) is 0 Å². The van der Waals surface area contributed by atoms with E-state index in [1.807, 2.05) is 0 Å². The van der Waals surface area contributed by atoms with Gasteiger partial charge in [0.05, 0.1) is 9.52 Å². The Hall–Kier alpha value is -0.603. The molecular weight excluding hydrogens is 248 g/mol. The van der Waals surface area contributed by atoms with E-state index < -0.39 is 0 Å². The van der Waals surface area contributed by atoms with Gasteiger partial charge in [0.15, 0.2) is 0 Å². The number of ether oxygens (including phenoxy) is 1. The summed E-state index contributed by atoms with van der Waals surface area (Å²) in [7, 11) is -0.169. The fraction of sp³-hybridized carbons (Fsp3) is 0.647. The maximum atomic E-state index is 6.00. The second kappa shape index (κ2) is 8.54. The van der Waals surface area contributed by atoms with Crippen molar-refractivity contribution in [1.82, 2.24) is 0 Å². The van der Waals surface area contributed by atoms with E-state index in [1.54, 1.807) is 5.56 Å². The van der Waals surface area contributed by atoms with E-state index in [9.17, 15) is 0 Å². The third-order valence-electron chi connectivity index (χ3n) is 4.25. The summed E-state index contributed by atoms with van der Waals surface area (Å²) in [6, 6.07) is 11.2. The number of hydrogen-bond donors (Lipinski definition) is 0. The number of rotatable bonds is 7. The lowest BCUT2D eigenvalue weighted by Gasteiger charge is -2.27. The molecule has 0 N–H and O–H groups in total. The molecule has 0 radical (unpaired) electrons. The Labute approximate surface area is 120 Å². The van der Waals surface area contributed by atoms with Crippen molar-refractivity contribution in [3.05, 3.63) is 35.9 Å². The quantitative estimate of drug-likeness (QED) is 0.540. The van der Waals surface area contributed by atoms with Crippen molar-refractivity contribution in [1.29, 1.82) is 0 Å². The molecule has 1 aliphatic rings. The van der Waals surface area contributed by atoms with Gasteiger partial charge in [-0.05, 0) is 36.8 Å². The second-order valence-corrected chi connectivity index (χ2v) is 8.20. The van der Waals surface area contributed by atoms with Crippen molar-refractivity contribution in [2.24, 2.45) is 0 Å². The SMILES string of the molecule is CCCCCC([SiH2]C1CCCCO1)c1ccccc1. The van der Waals surface area contributed by atoms with Gasteiger partial charge < -0.3 is 4.74 Å². The van der Waals surface area contributed by atoms with Crippen LogP contribution in [0.3, 0.4) is 0 Å². The summed E-state index contributed by atoms with van der Waals surface area (Å²) in [5.41, 5.74) is 3.04. The van der Waals surface area contributed by atoms with Gasteiger partial charge in [-0.15, -0.1) is 0 Å². The highest BCUT2D eigenvalue weighted by Crippen LogP contribution is 2.25. The predicted molar refractivity (Wildman–Crippen MR) is 85.5 cm³/mol. The molecule has 19 heavy (non-hydrogen) atoms. The van der Waals surface area contributed by atoms with Crippen molar-refractivity contribution in [3.8, 4) is 0 Å². The Bertz CT molecular complexity index is 332. The van der Waals surface area contributed by atoms with Crippen molar-refractivity contribution in [3.63, 3.8) is 0 Å².